The molecular formula is C26H28F4N4O4. The summed E-state index contributed by atoms with van der Waals surface area (Å²) in [5, 5.41) is 2.70. The van der Waals surface area contributed by atoms with Gasteiger partial charge in [0.1, 0.15) is 17.3 Å². The second kappa shape index (κ2) is 10.2. The van der Waals surface area contributed by atoms with Crippen molar-refractivity contribution in [3.8, 4) is 5.75 Å². The molecule has 38 heavy (non-hydrogen) atoms. The van der Waals surface area contributed by atoms with E-state index in [-0.39, 0.29) is 51.5 Å². The fraction of sp³-hybridized carbons (Fsp3) is 0.423. The number of rotatable bonds is 5. The van der Waals surface area contributed by atoms with Crippen LogP contribution in [0.1, 0.15) is 54.1 Å². The van der Waals surface area contributed by atoms with Crippen LogP contribution in [0.4, 0.5) is 23.2 Å². The highest BCUT2D eigenvalue weighted by atomic mass is 19.4. The summed E-state index contributed by atoms with van der Waals surface area (Å²) in [5.74, 6) is -1.17. The van der Waals surface area contributed by atoms with Gasteiger partial charge in [-0.3, -0.25) is 9.59 Å². The number of alkyl halides is 3. The third-order valence-electron chi connectivity index (χ3n) is 6.36. The first-order valence-electron chi connectivity index (χ1n) is 12.0. The minimum absolute atomic E-state index is 0.0328. The lowest BCUT2D eigenvalue weighted by atomic mass is 9.98. The number of methoxy groups -OCH3 is 1. The monoisotopic (exact) mass is 536 g/mol. The fourth-order valence-electron chi connectivity index (χ4n) is 4.75. The topological polar surface area (TPSA) is 96.5 Å². The first-order chi connectivity index (χ1) is 17.8. The number of carbonyl (C=O) groups excluding carboxylic acids is 1. The number of aryl methyl sites for hydroxylation is 1. The quantitative estimate of drug-likeness (QED) is 0.454. The van der Waals surface area contributed by atoms with Gasteiger partial charge >= 0.3 is 6.18 Å². The Bertz CT molecular complexity index is 1430. The van der Waals surface area contributed by atoms with E-state index < -0.39 is 35.1 Å². The first-order valence-corrected chi connectivity index (χ1v) is 12.0. The summed E-state index contributed by atoms with van der Waals surface area (Å²) < 4.78 is 68.2. The molecule has 204 valence electrons. The van der Waals surface area contributed by atoms with Crippen LogP contribution >= 0.6 is 0 Å². The number of morpholine rings is 1. The summed E-state index contributed by atoms with van der Waals surface area (Å²) in [5.41, 5.74) is -2.16. The molecular weight excluding hydrogens is 508 g/mol. The van der Waals surface area contributed by atoms with E-state index in [2.05, 4.69) is 15.3 Å². The Labute approximate surface area is 216 Å². The number of aromatic nitrogens is 2. The van der Waals surface area contributed by atoms with E-state index in [0.29, 0.717) is 13.1 Å². The molecule has 1 aliphatic rings. The van der Waals surface area contributed by atoms with Gasteiger partial charge in [-0.25, -0.2) is 9.37 Å². The molecule has 2 heterocycles. The van der Waals surface area contributed by atoms with Crippen molar-refractivity contribution in [1.29, 1.82) is 0 Å². The van der Waals surface area contributed by atoms with Gasteiger partial charge in [-0.05, 0) is 57.5 Å². The second-order valence-electron chi connectivity index (χ2n) is 9.47. The van der Waals surface area contributed by atoms with E-state index in [1.165, 1.54) is 27.0 Å². The summed E-state index contributed by atoms with van der Waals surface area (Å²) in [4.78, 5) is 33.5. The number of aromatic amines is 1. The van der Waals surface area contributed by atoms with Crippen LogP contribution in [-0.4, -0.2) is 53.2 Å². The van der Waals surface area contributed by atoms with E-state index >= 15 is 4.39 Å². The van der Waals surface area contributed by atoms with E-state index in [4.69, 9.17) is 9.47 Å². The molecule has 2 aromatic carbocycles. The number of benzene rings is 2. The Morgan fingerprint density at radius 2 is 1.87 bits per heavy atom. The lowest BCUT2D eigenvalue weighted by molar-refractivity contribution is -0.138. The minimum Gasteiger partial charge on any atom is -0.494 e. The molecule has 0 aliphatic carbocycles. The minimum atomic E-state index is -4.76. The maximum Gasteiger partial charge on any atom is 0.416 e. The van der Waals surface area contributed by atoms with Gasteiger partial charge in [0.15, 0.2) is 5.82 Å². The maximum atomic E-state index is 15.3. The summed E-state index contributed by atoms with van der Waals surface area (Å²) >= 11 is 0. The molecule has 0 bridgehead atoms. The van der Waals surface area contributed by atoms with Gasteiger partial charge in [-0.2, -0.15) is 13.2 Å². The van der Waals surface area contributed by atoms with Crippen LogP contribution in [0.5, 0.6) is 5.75 Å². The predicted molar refractivity (Wildman–Crippen MR) is 133 cm³/mol. The van der Waals surface area contributed by atoms with E-state index in [0.717, 1.165) is 18.2 Å². The molecule has 3 unspecified atom stereocenters. The molecule has 1 saturated heterocycles. The third-order valence-corrected chi connectivity index (χ3v) is 6.36. The molecule has 0 radical (unpaired) electrons. The lowest BCUT2D eigenvalue weighted by Crippen LogP contribution is -2.48. The molecule has 4 rings (SSSR count). The molecule has 0 saturated carbocycles. The highest BCUT2D eigenvalue weighted by molar-refractivity contribution is 5.95. The van der Waals surface area contributed by atoms with E-state index in [1.54, 1.807) is 4.90 Å². The van der Waals surface area contributed by atoms with E-state index in [1.807, 2.05) is 13.8 Å². The number of nitrogens with zero attached hydrogens (tertiary/aromatic N) is 2. The lowest BCUT2D eigenvalue weighted by Gasteiger charge is -2.35. The molecule has 1 amide bonds. The molecule has 8 nitrogen and oxygen atoms in total. The van der Waals surface area contributed by atoms with Crippen LogP contribution in [0.3, 0.4) is 0 Å². The number of fused-ring (bicyclic) bond motifs is 1. The Balaban J connectivity index is 1.71. The largest absolute Gasteiger partial charge is 0.494 e. The van der Waals surface area contributed by atoms with E-state index in [9.17, 15) is 22.8 Å². The van der Waals surface area contributed by atoms with Gasteiger partial charge in [0.25, 0.3) is 11.5 Å². The molecule has 2 N–H and O–H groups in total. The molecule has 0 spiro atoms. The van der Waals surface area contributed by atoms with Crippen molar-refractivity contribution in [2.75, 3.05) is 25.5 Å². The number of hydrogen-bond donors (Lipinski definition) is 2. The first kappa shape index (κ1) is 27.4. The number of hydrogen-bond acceptors (Lipinski definition) is 6. The summed E-state index contributed by atoms with van der Waals surface area (Å²) in [6.07, 6.45) is -5.14. The zero-order valence-corrected chi connectivity index (χ0v) is 21.5. The highest BCUT2D eigenvalue weighted by Crippen LogP contribution is 2.39. The average molecular weight is 537 g/mol. The van der Waals surface area contributed by atoms with Crippen molar-refractivity contribution in [3.05, 3.63) is 63.0 Å². The van der Waals surface area contributed by atoms with Crippen LogP contribution < -0.4 is 15.6 Å². The molecule has 1 aromatic heterocycles. The highest BCUT2D eigenvalue weighted by Gasteiger charge is 2.36. The van der Waals surface area contributed by atoms with Crippen molar-refractivity contribution in [3.63, 3.8) is 0 Å². The van der Waals surface area contributed by atoms with Crippen LogP contribution in [0.15, 0.2) is 29.1 Å². The van der Waals surface area contributed by atoms with Gasteiger partial charge in [-0.1, -0.05) is 0 Å². The van der Waals surface area contributed by atoms with Crippen molar-refractivity contribution in [2.45, 2.75) is 52.1 Å². The summed E-state index contributed by atoms with van der Waals surface area (Å²) in [6, 6.07) is 3.16. The summed E-state index contributed by atoms with van der Waals surface area (Å²) in [7, 11) is 1.27. The molecule has 3 aromatic rings. The predicted octanol–water partition coefficient (Wildman–Crippen LogP) is 4.82. The standard InChI is InChI=1S/C26H28F4N4O4/c1-12-10-34(11-13(2)38-12)25(36)16-6-20(27)23(22(7-16)37-5)31-14(3)17-8-18-21(9-19(17)26(28,29)30)32-15(4)33-24(18)35/h6-9,12-14,31H,10-11H2,1-5H3,(H,32,33,35). The van der Waals surface area contributed by atoms with Gasteiger partial charge in [0.2, 0.25) is 0 Å². The Morgan fingerprint density at radius 1 is 1.21 bits per heavy atom. The van der Waals surface area contributed by atoms with Gasteiger partial charge in [0.05, 0.1) is 35.8 Å². The van der Waals surface area contributed by atoms with Crippen LogP contribution in [0.2, 0.25) is 0 Å². The van der Waals surface area contributed by atoms with Crippen LogP contribution in [0, 0.1) is 12.7 Å². The molecule has 3 atom stereocenters. The van der Waals surface area contributed by atoms with Crippen molar-refractivity contribution < 1.29 is 31.8 Å². The molecule has 12 heteroatoms. The second-order valence-corrected chi connectivity index (χ2v) is 9.47. The normalized spacial score (nSPS) is 18.9. The fourth-order valence-corrected chi connectivity index (χ4v) is 4.75. The zero-order valence-electron chi connectivity index (χ0n) is 21.5. The van der Waals surface area contributed by atoms with Crippen molar-refractivity contribution >= 4 is 22.5 Å². The van der Waals surface area contributed by atoms with Gasteiger partial charge < -0.3 is 24.7 Å². The Hall–Kier alpha value is -3.67. The van der Waals surface area contributed by atoms with Gasteiger partial charge in [0, 0.05) is 24.7 Å². The Morgan fingerprint density at radius 3 is 2.47 bits per heavy atom. The maximum absolute atomic E-state index is 15.3. The number of nitrogens with one attached hydrogen (secondary N) is 2. The van der Waals surface area contributed by atoms with Crippen molar-refractivity contribution in [2.24, 2.45) is 0 Å². The number of anilines is 1. The van der Waals surface area contributed by atoms with Crippen molar-refractivity contribution in [1.82, 2.24) is 14.9 Å². The number of ether oxygens (including phenoxy) is 2. The number of amides is 1. The number of halogens is 4. The average Bonchev–Trinajstić information content (AvgIpc) is 2.82. The SMILES string of the molecule is COc1cc(C(=O)N2CC(C)OC(C)C2)cc(F)c1NC(C)c1cc2c(=O)[nH]c(C)nc2cc1C(F)(F)F. The van der Waals surface area contributed by atoms with Crippen LogP contribution in [0.25, 0.3) is 10.9 Å². The third kappa shape index (κ3) is 5.45. The number of carbonyl (C=O) groups is 1. The Kier molecular flexibility index (Phi) is 7.37. The molecule has 1 aliphatic heterocycles. The smallest absolute Gasteiger partial charge is 0.416 e. The van der Waals surface area contributed by atoms with Gasteiger partial charge in [-0.15, -0.1) is 0 Å². The summed E-state index contributed by atoms with van der Waals surface area (Å²) in [6.45, 7) is 7.20. The zero-order chi connectivity index (χ0) is 27.9. The van der Waals surface area contributed by atoms with Crippen LogP contribution in [-0.2, 0) is 10.9 Å². The molecule has 1 fully saturated rings. The number of H-pyrrole nitrogens is 1.